The standard InChI is InChI=1S/C24H33O7Si.ClH.Mg/c1-26-22(27-2)16-10-7-13-19(22)32(25,20-14-8-11-17-23(20,28-3)29-4)21-15-9-12-18-24(21,30-5)31-6;;/h7-21H,1-6H3;1H;/q-1;;+2/p-1. The summed E-state index contributed by atoms with van der Waals surface area (Å²) >= 11 is 0. The summed E-state index contributed by atoms with van der Waals surface area (Å²) in [4.78, 5) is 15.8. The van der Waals surface area contributed by atoms with Crippen LogP contribution in [0.15, 0.2) is 72.9 Å². The zero-order chi connectivity index (χ0) is 23.5. The number of methoxy groups -OCH3 is 6. The van der Waals surface area contributed by atoms with Gasteiger partial charge in [0.15, 0.2) is 17.4 Å². The normalized spacial score (nSPS) is 29.2. The topological polar surface area (TPSA) is 78.4 Å². The van der Waals surface area contributed by atoms with Gasteiger partial charge in [-0.05, 0) is 18.2 Å². The number of rotatable bonds is 9. The van der Waals surface area contributed by atoms with Crippen LogP contribution in [0.3, 0.4) is 0 Å². The molecule has 0 aromatic rings. The van der Waals surface area contributed by atoms with Gasteiger partial charge in [-0.25, -0.2) is 0 Å². The molecule has 0 aromatic heterocycles. The first-order valence-electron chi connectivity index (χ1n) is 10.5. The van der Waals surface area contributed by atoms with Crippen molar-refractivity contribution in [1.82, 2.24) is 0 Å². The number of halogens is 1. The molecule has 0 amide bonds. The molecule has 184 valence electrons. The van der Waals surface area contributed by atoms with Gasteiger partial charge < -0.3 is 45.6 Å². The largest absolute Gasteiger partial charge is 2.00 e. The van der Waals surface area contributed by atoms with Crippen LogP contribution in [0.25, 0.3) is 0 Å². The maximum Gasteiger partial charge on any atom is 2.00 e. The Balaban J connectivity index is 0.00000289. The molecule has 3 unspecified atom stereocenters. The van der Waals surface area contributed by atoms with Crippen molar-refractivity contribution < 1.29 is 45.6 Å². The van der Waals surface area contributed by atoms with Gasteiger partial charge in [0.1, 0.15) is 0 Å². The second-order valence-corrected chi connectivity index (χ2v) is 11.5. The Labute approximate surface area is 225 Å². The zero-order valence-corrected chi connectivity index (χ0v) is 23.8. The number of hydrogen-bond donors (Lipinski definition) is 0. The molecule has 0 N–H and O–H groups in total. The Kier molecular flexibility index (Phi) is 11.7. The molecule has 0 bridgehead atoms. The summed E-state index contributed by atoms with van der Waals surface area (Å²) in [5, 5.41) is 0. The van der Waals surface area contributed by atoms with Crippen molar-refractivity contribution in [1.29, 1.82) is 0 Å². The molecule has 0 radical (unpaired) electrons. The molecule has 7 nitrogen and oxygen atoms in total. The molecule has 0 heterocycles. The van der Waals surface area contributed by atoms with Crippen molar-refractivity contribution >= 4 is 31.4 Å². The average molecular weight is 521 g/mol. The van der Waals surface area contributed by atoms with Crippen molar-refractivity contribution in [2.45, 2.75) is 34.0 Å². The van der Waals surface area contributed by atoms with E-state index in [2.05, 4.69) is 0 Å². The molecule has 0 spiro atoms. The first-order valence-corrected chi connectivity index (χ1v) is 12.6. The third-order valence-corrected chi connectivity index (χ3v) is 11.6. The molecule has 3 atom stereocenters. The second kappa shape index (κ2) is 12.6. The fourth-order valence-electron chi connectivity index (χ4n) is 5.20. The first-order chi connectivity index (χ1) is 15.4. The minimum atomic E-state index is -3.99. The van der Waals surface area contributed by atoms with Gasteiger partial charge in [0.05, 0.1) is 0 Å². The summed E-state index contributed by atoms with van der Waals surface area (Å²) in [5.41, 5.74) is -2.02. The van der Waals surface area contributed by atoms with Crippen LogP contribution in [0, 0.1) is 0 Å². The molecule has 3 aliphatic carbocycles. The van der Waals surface area contributed by atoms with E-state index in [1.807, 2.05) is 54.7 Å². The van der Waals surface area contributed by atoms with Gasteiger partial charge in [0, 0.05) is 67.6 Å². The molecule has 0 saturated carbocycles. The minimum Gasteiger partial charge on any atom is -1.00 e. The van der Waals surface area contributed by atoms with Crippen LogP contribution in [0.4, 0.5) is 0 Å². The van der Waals surface area contributed by atoms with Crippen LogP contribution in [-0.4, -0.2) is 91.4 Å². The molecule has 0 saturated heterocycles. The fourth-order valence-corrected chi connectivity index (χ4v) is 10.5. The smallest absolute Gasteiger partial charge is 1.00 e. The van der Waals surface area contributed by atoms with E-state index in [1.165, 1.54) is 0 Å². The summed E-state index contributed by atoms with van der Waals surface area (Å²) in [7, 11) is 5.27. The predicted molar refractivity (Wildman–Crippen MR) is 128 cm³/mol. The first kappa shape index (κ1) is 31.5. The van der Waals surface area contributed by atoms with E-state index in [9.17, 15) is 0 Å². The van der Waals surface area contributed by atoms with Gasteiger partial charge in [-0.3, -0.25) is 0 Å². The summed E-state index contributed by atoms with van der Waals surface area (Å²) in [6, 6.07) is 0. The van der Waals surface area contributed by atoms with Crippen LogP contribution in [0.5, 0.6) is 0 Å². The molecule has 34 heavy (non-hydrogen) atoms. The third kappa shape index (κ3) is 4.86. The number of hydrogen-bond acceptors (Lipinski definition) is 7. The molecule has 3 aliphatic rings. The van der Waals surface area contributed by atoms with E-state index in [0.717, 1.165) is 0 Å². The summed E-state index contributed by atoms with van der Waals surface area (Å²) in [6.45, 7) is 0. The Morgan fingerprint density at radius 2 is 0.765 bits per heavy atom. The van der Waals surface area contributed by atoms with Gasteiger partial charge in [-0.2, -0.15) is 0 Å². The molecule has 0 fully saturated rings. The Hall–Kier alpha value is -0.567. The second-order valence-electron chi connectivity index (χ2n) is 7.91. The summed E-state index contributed by atoms with van der Waals surface area (Å²) < 4.78 is 35.2. The fraction of sp³-hybridized carbons (Fsp3) is 0.500. The van der Waals surface area contributed by atoms with Gasteiger partial charge in [0.2, 0.25) is 0 Å². The molecular formula is C24H33ClMgO7Si. The van der Waals surface area contributed by atoms with E-state index in [4.69, 9.17) is 28.4 Å². The van der Waals surface area contributed by atoms with E-state index >= 15 is 4.80 Å². The zero-order valence-electron chi connectivity index (χ0n) is 20.6. The predicted octanol–water partition coefficient (Wildman–Crippen LogP) is -0.629. The Bertz CT molecular complexity index is 735. The molecule has 0 aliphatic heterocycles. The van der Waals surface area contributed by atoms with Gasteiger partial charge in [-0.15, -0.1) is 0 Å². The maximum absolute atomic E-state index is 15.8. The van der Waals surface area contributed by atoms with E-state index in [0.29, 0.717) is 0 Å². The molecule has 0 aromatic carbocycles. The molecule has 10 heteroatoms. The van der Waals surface area contributed by atoms with Gasteiger partial charge in [-0.1, -0.05) is 54.7 Å². The van der Waals surface area contributed by atoms with Crippen LogP contribution in [-0.2, 0) is 28.4 Å². The number of allylic oxidation sites excluding steroid dienone is 6. The average Bonchev–Trinajstić information content (AvgIpc) is 2.87. The maximum atomic E-state index is 15.8. The van der Waals surface area contributed by atoms with Crippen molar-refractivity contribution in [2.75, 3.05) is 42.7 Å². The summed E-state index contributed by atoms with van der Waals surface area (Å²) in [5.74, 6) is -3.77. The van der Waals surface area contributed by atoms with Crippen molar-refractivity contribution in [3.05, 3.63) is 72.9 Å². The third-order valence-electron chi connectivity index (χ3n) is 6.90. The molecule has 3 rings (SSSR count). The van der Waals surface area contributed by atoms with Crippen molar-refractivity contribution in [3.8, 4) is 0 Å². The SMILES string of the molecule is COC1(OC)C=CC=CC1[Si]([O-])(C1C=CC=CC1(OC)OC)C1C=CC=CC1(OC)OC.[Cl-].[Mg+2]. The molecular weight excluding hydrogens is 488 g/mol. The van der Waals surface area contributed by atoms with Crippen LogP contribution in [0.2, 0.25) is 16.6 Å². The van der Waals surface area contributed by atoms with Crippen LogP contribution in [0.1, 0.15) is 0 Å². The monoisotopic (exact) mass is 520 g/mol. The Morgan fingerprint density at radius 3 is 0.971 bits per heavy atom. The van der Waals surface area contributed by atoms with Gasteiger partial charge in [0.25, 0.3) is 0 Å². The van der Waals surface area contributed by atoms with Crippen molar-refractivity contribution in [3.63, 3.8) is 0 Å². The van der Waals surface area contributed by atoms with Gasteiger partial charge >= 0.3 is 23.1 Å². The van der Waals surface area contributed by atoms with E-state index in [-0.39, 0.29) is 35.5 Å². The van der Waals surface area contributed by atoms with Crippen LogP contribution < -0.4 is 17.2 Å². The van der Waals surface area contributed by atoms with Crippen LogP contribution >= 0.6 is 0 Å². The van der Waals surface area contributed by atoms with E-state index in [1.54, 1.807) is 60.9 Å². The quantitative estimate of drug-likeness (QED) is 0.296. The minimum absolute atomic E-state index is 0. The van der Waals surface area contributed by atoms with E-state index < -0.39 is 42.3 Å². The van der Waals surface area contributed by atoms with Crippen molar-refractivity contribution in [2.24, 2.45) is 0 Å². The number of ether oxygens (including phenoxy) is 6. The Morgan fingerprint density at radius 1 is 0.529 bits per heavy atom. The summed E-state index contributed by atoms with van der Waals surface area (Å²) in [6.07, 6.45) is 22.0.